The third kappa shape index (κ3) is 6.92. The molecule has 48 heavy (non-hydrogen) atoms. The van der Waals surface area contributed by atoms with Gasteiger partial charge >= 0.3 is 5.69 Å². The minimum absolute atomic E-state index is 0.0165. The van der Waals surface area contributed by atoms with Gasteiger partial charge in [-0.2, -0.15) is 10.5 Å². The van der Waals surface area contributed by atoms with E-state index in [0.29, 0.717) is 36.4 Å². The zero-order chi connectivity index (χ0) is 33.6. The van der Waals surface area contributed by atoms with Crippen molar-refractivity contribution in [2.24, 2.45) is 11.8 Å². The van der Waals surface area contributed by atoms with Crippen molar-refractivity contribution in [3.05, 3.63) is 76.9 Å². The molecule has 11 nitrogen and oxygen atoms in total. The van der Waals surface area contributed by atoms with Crippen molar-refractivity contribution in [2.75, 3.05) is 5.32 Å². The van der Waals surface area contributed by atoms with Crippen molar-refractivity contribution in [1.29, 1.82) is 10.5 Å². The van der Waals surface area contributed by atoms with E-state index in [4.69, 9.17) is 15.5 Å². The van der Waals surface area contributed by atoms with Crippen molar-refractivity contribution < 1.29 is 10.0 Å². The van der Waals surface area contributed by atoms with Crippen LogP contribution < -0.4 is 5.32 Å². The molecule has 0 spiro atoms. The quantitative estimate of drug-likeness (QED) is 0.131. The maximum absolute atomic E-state index is 11.3. The molecular weight excluding hydrogens is 604 g/mol. The molecule has 0 bridgehead atoms. The normalized spacial score (nSPS) is 21.5. The number of rotatable bonds is 7. The monoisotopic (exact) mass is 644 g/mol. The van der Waals surface area contributed by atoms with Crippen LogP contribution in [-0.2, 0) is 0 Å². The number of aliphatic hydroxyl groups excluding tert-OH is 1. The van der Waals surface area contributed by atoms with E-state index in [1.807, 2.05) is 42.5 Å². The highest BCUT2D eigenvalue weighted by molar-refractivity contribution is 6.02. The molecular formula is C37H40N8O3. The molecule has 3 heterocycles. The van der Waals surface area contributed by atoms with Gasteiger partial charge in [0.2, 0.25) is 0 Å². The summed E-state index contributed by atoms with van der Waals surface area (Å²) in [7, 11) is 0. The number of pyridine rings is 2. The zero-order valence-corrected chi connectivity index (χ0v) is 27.1. The number of aliphatic hydroxyl groups is 1. The SMILES string of the molecule is C[C@@H](O)c1nc2cnc3ccccc3c2n1C1CCC(CC#N)CC1.N#CCC1CCC(Nc2c([N+](=O)[O-])cnc3ccccc23)CC1. The molecule has 7 rings (SSSR count). The first-order valence-electron chi connectivity index (χ1n) is 16.8. The third-order valence-electron chi connectivity index (χ3n) is 9.91. The van der Waals surface area contributed by atoms with Gasteiger partial charge in [-0.25, -0.2) is 9.97 Å². The van der Waals surface area contributed by atoms with Gasteiger partial charge in [0.05, 0.1) is 39.8 Å². The van der Waals surface area contributed by atoms with Crippen molar-refractivity contribution in [1.82, 2.24) is 19.5 Å². The Morgan fingerprint density at radius 2 is 1.44 bits per heavy atom. The standard InChI is InChI=1S/C20H22N4O.C17H18N4O2/c1-13(25)20-23-18-12-22-17-5-3-2-4-16(17)19(18)24(20)15-8-6-14(7-9-15)10-11-21;18-10-9-12-5-7-13(8-6-12)20-17-14-3-1-2-4-15(14)19-11-16(17)21(22)23/h2-5,12-15,25H,6-10H2,1H3;1-4,11-13H,5-9H2,(H,19,20)/t13-,14?,15?;/m1./s1. The maximum Gasteiger partial charge on any atom is 0.311 e. The van der Waals surface area contributed by atoms with Crippen LogP contribution in [0.5, 0.6) is 0 Å². The molecule has 2 aromatic carbocycles. The third-order valence-corrected chi connectivity index (χ3v) is 9.91. The van der Waals surface area contributed by atoms with Crippen LogP contribution in [0.1, 0.15) is 89.1 Å². The van der Waals surface area contributed by atoms with Gasteiger partial charge in [-0.1, -0.05) is 36.4 Å². The van der Waals surface area contributed by atoms with Crippen LogP contribution in [-0.4, -0.2) is 35.6 Å². The summed E-state index contributed by atoms with van der Waals surface area (Å²) in [5.41, 5.74) is 4.19. The van der Waals surface area contributed by atoms with E-state index >= 15 is 0 Å². The second-order valence-corrected chi connectivity index (χ2v) is 13.1. The van der Waals surface area contributed by atoms with Crippen molar-refractivity contribution >= 4 is 44.2 Å². The number of aromatic nitrogens is 4. The van der Waals surface area contributed by atoms with Crippen LogP contribution in [0.25, 0.3) is 32.8 Å². The lowest BCUT2D eigenvalue weighted by molar-refractivity contribution is -0.384. The van der Waals surface area contributed by atoms with Crippen LogP contribution in [0, 0.1) is 44.6 Å². The molecule has 0 radical (unpaired) electrons. The molecule has 2 aliphatic carbocycles. The number of benzene rings is 2. The predicted molar refractivity (Wildman–Crippen MR) is 185 cm³/mol. The summed E-state index contributed by atoms with van der Waals surface area (Å²) in [4.78, 5) is 24.3. The van der Waals surface area contributed by atoms with Crippen LogP contribution >= 0.6 is 0 Å². The van der Waals surface area contributed by atoms with Gasteiger partial charge in [0.25, 0.3) is 0 Å². The minimum atomic E-state index is -0.622. The topological polar surface area (TPSA) is 167 Å². The highest BCUT2D eigenvalue weighted by Gasteiger charge is 2.28. The number of nitrogens with zero attached hydrogens (tertiary/aromatic N) is 7. The Kier molecular flexibility index (Phi) is 10.1. The number of para-hydroxylation sites is 2. The van der Waals surface area contributed by atoms with E-state index < -0.39 is 6.10 Å². The van der Waals surface area contributed by atoms with E-state index in [-0.39, 0.29) is 16.7 Å². The van der Waals surface area contributed by atoms with Gasteiger partial charge in [-0.15, -0.1) is 0 Å². The Labute approximate surface area is 279 Å². The minimum Gasteiger partial charge on any atom is -0.385 e. The lowest BCUT2D eigenvalue weighted by atomic mass is 9.84. The van der Waals surface area contributed by atoms with Crippen molar-refractivity contribution in [3.8, 4) is 12.1 Å². The molecule has 1 atom stereocenters. The molecule has 11 heteroatoms. The number of hydrogen-bond donors (Lipinski definition) is 2. The number of nitriles is 2. The number of hydrogen-bond acceptors (Lipinski definition) is 9. The Balaban J connectivity index is 0.000000168. The summed E-state index contributed by atoms with van der Waals surface area (Å²) in [6.45, 7) is 1.77. The number of anilines is 1. The predicted octanol–water partition coefficient (Wildman–Crippen LogP) is 8.31. The van der Waals surface area contributed by atoms with Gasteiger partial charge in [-0.05, 0) is 82.3 Å². The second kappa shape index (κ2) is 14.7. The lowest BCUT2D eigenvalue weighted by Crippen LogP contribution is -2.26. The summed E-state index contributed by atoms with van der Waals surface area (Å²) in [5, 5.41) is 44.6. The first kappa shape index (κ1) is 32.8. The largest absolute Gasteiger partial charge is 0.385 e. The van der Waals surface area contributed by atoms with Gasteiger partial charge in [0.15, 0.2) is 0 Å². The fraction of sp³-hybridized carbons (Fsp3) is 0.432. The van der Waals surface area contributed by atoms with Gasteiger partial charge in [0.1, 0.15) is 29.3 Å². The Morgan fingerprint density at radius 3 is 2.04 bits per heavy atom. The van der Waals surface area contributed by atoms with Crippen LogP contribution in [0.2, 0.25) is 0 Å². The smallest absolute Gasteiger partial charge is 0.311 e. The Hall–Kier alpha value is -5.13. The summed E-state index contributed by atoms with van der Waals surface area (Å²) in [6, 6.07) is 20.6. The highest BCUT2D eigenvalue weighted by atomic mass is 16.6. The second-order valence-electron chi connectivity index (χ2n) is 13.1. The molecule has 2 fully saturated rings. The van der Waals surface area contributed by atoms with E-state index in [1.165, 1.54) is 6.20 Å². The van der Waals surface area contributed by atoms with E-state index in [2.05, 4.69) is 38.1 Å². The van der Waals surface area contributed by atoms with E-state index in [1.54, 1.807) is 13.1 Å². The average Bonchev–Trinajstić information content (AvgIpc) is 3.51. The number of nitro groups is 1. The number of nitrogens with one attached hydrogen (secondary N) is 1. The molecule has 0 amide bonds. The summed E-state index contributed by atoms with van der Waals surface area (Å²) in [6.07, 6.45) is 11.8. The molecule has 2 N–H and O–H groups in total. The first-order valence-corrected chi connectivity index (χ1v) is 16.8. The zero-order valence-electron chi connectivity index (χ0n) is 27.1. The molecule has 0 aliphatic heterocycles. The van der Waals surface area contributed by atoms with Crippen LogP contribution in [0.4, 0.5) is 11.4 Å². The number of imidazole rings is 1. The Bertz CT molecular complexity index is 1990. The molecule has 246 valence electrons. The van der Waals surface area contributed by atoms with Crippen molar-refractivity contribution in [2.45, 2.75) is 89.3 Å². The average molecular weight is 645 g/mol. The maximum atomic E-state index is 11.3. The van der Waals surface area contributed by atoms with E-state index in [9.17, 15) is 15.2 Å². The van der Waals surface area contributed by atoms with Crippen LogP contribution in [0.3, 0.4) is 0 Å². The molecule has 0 unspecified atom stereocenters. The first-order chi connectivity index (χ1) is 23.4. The highest BCUT2D eigenvalue weighted by Crippen LogP contribution is 2.39. The van der Waals surface area contributed by atoms with Crippen molar-refractivity contribution in [3.63, 3.8) is 0 Å². The fourth-order valence-electron chi connectivity index (χ4n) is 7.41. The molecule has 2 saturated carbocycles. The lowest BCUT2D eigenvalue weighted by Gasteiger charge is -2.30. The summed E-state index contributed by atoms with van der Waals surface area (Å²) >= 11 is 0. The molecule has 2 aliphatic rings. The van der Waals surface area contributed by atoms with Gasteiger partial charge in [0, 0.05) is 35.7 Å². The summed E-state index contributed by atoms with van der Waals surface area (Å²) < 4.78 is 2.24. The Morgan fingerprint density at radius 1 is 0.875 bits per heavy atom. The van der Waals surface area contributed by atoms with Gasteiger partial charge < -0.3 is 15.0 Å². The number of fused-ring (bicyclic) bond motifs is 4. The van der Waals surface area contributed by atoms with Gasteiger partial charge in [-0.3, -0.25) is 15.1 Å². The van der Waals surface area contributed by atoms with E-state index in [0.717, 1.165) is 90.0 Å². The molecule has 5 aromatic rings. The molecule has 0 saturated heterocycles. The van der Waals surface area contributed by atoms with Crippen LogP contribution in [0.15, 0.2) is 60.9 Å². The molecule has 3 aromatic heterocycles. The fourth-order valence-corrected chi connectivity index (χ4v) is 7.41. The summed E-state index contributed by atoms with van der Waals surface area (Å²) in [5.74, 6) is 1.68.